The number of carbonyl (C=O) groups excluding carboxylic acids is 1. The molecule has 1 aromatic carbocycles. The van der Waals surface area contributed by atoms with E-state index < -0.39 is 0 Å². The Labute approximate surface area is 120 Å². The first-order valence-corrected chi connectivity index (χ1v) is 7.66. The summed E-state index contributed by atoms with van der Waals surface area (Å²) in [6.45, 7) is 1.99. The van der Waals surface area contributed by atoms with E-state index >= 15 is 0 Å². The zero-order valence-electron chi connectivity index (χ0n) is 12.2. The second kappa shape index (κ2) is 5.12. The van der Waals surface area contributed by atoms with Gasteiger partial charge in [0.2, 0.25) is 5.91 Å². The Balaban J connectivity index is 1.71. The van der Waals surface area contributed by atoms with Crippen LogP contribution in [0.1, 0.15) is 44.2 Å². The summed E-state index contributed by atoms with van der Waals surface area (Å²) in [5.41, 5.74) is 0.826. The van der Waals surface area contributed by atoms with Crippen LogP contribution < -0.4 is 0 Å². The van der Waals surface area contributed by atoms with Crippen molar-refractivity contribution < 1.29 is 9.90 Å². The number of phenols is 1. The molecule has 0 bridgehead atoms. The number of amides is 1. The molecule has 3 unspecified atom stereocenters. The van der Waals surface area contributed by atoms with Crippen LogP contribution in [-0.2, 0) is 4.79 Å². The van der Waals surface area contributed by atoms with Gasteiger partial charge in [0, 0.05) is 18.5 Å². The van der Waals surface area contributed by atoms with Crippen LogP contribution in [0.2, 0.25) is 0 Å². The number of fused-ring (bicyclic) bond motifs is 1. The van der Waals surface area contributed by atoms with Gasteiger partial charge in [-0.3, -0.25) is 4.79 Å². The average Bonchev–Trinajstić information content (AvgIpc) is 3.20. The van der Waals surface area contributed by atoms with E-state index in [-0.39, 0.29) is 23.6 Å². The minimum Gasteiger partial charge on any atom is -0.508 e. The van der Waals surface area contributed by atoms with E-state index in [1.807, 2.05) is 37.1 Å². The van der Waals surface area contributed by atoms with Gasteiger partial charge >= 0.3 is 0 Å². The molecule has 0 radical (unpaired) electrons. The van der Waals surface area contributed by atoms with Gasteiger partial charge in [0.15, 0.2) is 0 Å². The van der Waals surface area contributed by atoms with Gasteiger partial charge in [0.1, 0.15) is 5.75 Å². The number of nitrogens with zero attached hydrogens (tertiary/aromatic N) is 1. The summed E-state index contributed by atoms with van der Waals surface area (Å²) in [5.74, 6) is 2.05. The molecule has 0 saturated heterocycles. The van der Waals surface area contributed by atoms with Gasteiger partial charge in [-0.15, -0.1) is 0 Å². The van der Waals surface area contributed by atoms with Gasteiger partial charge in [-0.2, -0.15) is 0 Å². The summed E-state index contributed by atoms with van der Waals surface area (Å²) < 4.78 is 0. The maximum atomic E-state index is 12.6. The van der Waals surface area contributed by atoms with Gasteiger partial charge in [-0.1, -0.05) is 31.0 Å². The minimum absolute atomic E-state index is 0.0775. The Kier molecular flexibility index (Phi) is 3.45. The van der Waals surface area contributed by atoms with E-state index in [4.69, 9.17) is 0 Å². The van der Waals surface area contributed by atoms with Crippen molar-refractivity contribution in [3.05, 3.63) is 29.8 Å². The van der Waals surface area contributed by atoms with Gasteiger partial charge in [-0.05, 0) is 37.7 Å². The van der Waals surface area contributed by atoms with Crippen LogP contribution in [0.15, 0.2) is 24.3 Å². The molecule has 3 heteroatoms. The third kappa shape index (κ3) is 2.19. The first-order chi connectivity index (χ1) is 9.61. The number of phenolic OH excluding ortho intramolecular Hbond substituents is 1. The standard InChI is InChI=1S/C17H23NO2/c1-11(12-7-5-6-10-15(12)19)18(2)17(20)16-13-8-3-4-9-14(13)16/h5-7,10-11,13-14,16,19H,3-4,8-9H2,1-2H3. The highest BCUT2D eigenvalue weighted by atomic mass is 16.3. The van der Waals surface area contributed by atoms with E-state index in [1.165, 1.54) is 25.7 Å². The predicted octanol–water partition coefficient (Wildman–Crippen LogP) is 3.35. The van der Waals surface area contributed by atoms with Gasteiger partial charge in [0.25, 0.3) is 0 Å². The second-order valence-corrected chi connectivity index (χ2v) is 6.32. The van der Waals surface area contributed by atoms with E-state index in [2.05, 4.69) is 0 Å². The van der Waals surface area contributed by atoms with Crippen LogP contribution in [0.5, 0.6) is 5.75 Å². The lowest BCUT2D eigenvalue weighted by Crippen LogP contribution is -2.31. The van der Waals surface area contributed by atoms with Crippen LogP contribution >= 0.6 is 0 Å². The molecule has 20 heavy (non-hydrogen) atoms. The Morgan fingerprint density at radius 2 is 1.85 bits per heavy atom. The smallest absolute Gasteiger partial charge is 0.226 e. The summed E-state index contributed by atoms with van der Waals surface area (Å²) >= 11 is 0. The molecule has 3 atom stereocenters. The molecule has 2 fully saturated rings. The number of carbonyl (C=O) groups is 1. The summed E-state index contributed by atoms with van der Waals surface area (Å²) in [4.78, 5) is 14.5. The quantitative estimate of drug-likeness (QED) is 0.917. The monoisotopic (exact) mass is 273 g/mol. The van der Waals surface area contributed by atoms with Crippen LogP contribution in [0.25, 0.3) is 0 Å². The highest BCUT2D eigenvalue weighted by Crippen LogP contribution is 2.56. The Morgan fingerprint density at radius 1 is 1.25 bits per heavy atom. The predicted molar refractivity (Wildman–Crippen MR) is 78.2 cm³/mol. The summed E-state index contributed by atoms with van der Waals surface area (Å²) in [6.07, 6.45) is 5.01. The zero-order chi connectivity index (χ0) is 14.3. The first-order valence-electron chi connectivity index (χ1n) is 7.66. The lowest BCUT2D eigenvalue weighted by atomic mass is 10.0. The lowest BCUT2D eigenvalue weighted by molar-refractivity contribution is -0.133. The second-order valence-electron chi connectivity index (χ2n) is 6.32. The molecule has 0 aromatic heterocycles. The van der Waals surface area contributed by atoms with Crippen molar-refractivity contribution in [1.29, 1.82) is 0 Å². The lowest BCUT2D eigenvalue weighted by Gasteiger charge is -2.26. The Bertz CT molecular complexity index is 501. The van der Waals surface area contributed by atoms with Crippen molar-refractivity contribution in [2.45, 2.75) is 38.6 Å². The van der Waals surface area contributed by atoms with E-state index in [9.17, 15) is 9.90 Å². The molecule has 0 heterocycles. The highest BCUT2D eigenvalue weighted by Gasteiger charge is 2.55. The van der Waals surface area contributed by atoms with Crippen molar-refractivity contribution >= 4 is 5.91 Å². The third-order valence-corrected chi connectivity index (χ3v) is 5.26. The Hall–Kier alpha value is -1.51. The van der Waals surface area contributed by atoms with Crippen molar-refractivity contribution in [2.24, 2.45) is 17.8 Å². The normalized spacial score (nSPS) is 29.4. The number of hydrogen-bond donors (Lipinski definition) is 1. The number of rotatable bonds is 3. The topological polar surface area (TPSA) is 40.5 Å². The molecule has 0 spiro atoms. The largest absolute Gasteiger partial charge is 0.508 e. The fourth-order valence-electron chi connectivity index (χ4n) is 3.83. The third-order valence-electron chi connectivity index (χ3n) is 5.26. The van der Waals surface area contributed by atoms with E-state index in [0.29, 0.717) is 11.8 Å². The molecule has 2 aliphatic rings. The van der Waals surface area contributed by atoms with Crippen LogP contribution in [0, 0.1) is 17.8 Å². The molecule has 3 rings (SSSR count). The molecule has 2 aliphatic carbocycles. The van der Waals surface area contributed by atoms with Crippen molar-refractivity contribution in [3.63, 3.8) is 0 Å². The summed E-state index contributed by atoms with van der Waals surface area (Å²) in [7, 11) is 1.86. The molecule has 0 aliphatic heterocycles. The zero-order valence-corrected chi connectivity index (χ0v) is 12.2. The SMILES string of the molecule is CC(c1ccccc1O)N(C)C(=O)C1C2CCCCC21. The molecule has 1 amide bonds. The highest BCUT2D eigenvalue weighted by molar-refractivity contribution is 5.82. The fourth-order valence-corrected chi connectivity index (χ4v) is 3.83. The van der Waals surface area contributed by atoms with E-state index in [1.54, 1.807) is 6.07 Å². The first kappa shape index (κ1) is 13.5. The number of para-hydroxylation sites is 1. The van der Waals surface area contributed by atoms with Gasteiger partial charge in [0.05, 0.1) is 6.04 Å². The molecular weight excluding hydrogens is 250 g/mol. The molecule has 108 valence electrons. The summed E-state index contributed by atoms with van der Waals surface area (Å²) in [6, 6.07) is 7.21. The Morgan fingerprint density at radius 3 is 2.45 bits per heavy atom. The van der Waals surface area contributed by atoms with Crippen molar-refractivity contribution in [3.8, 4) is 5.75 Å². The number of hydrogen-bond acceptors (Lipinski definition) is 2. The van der Waals surface area contributed by atoms with Crippen molar-refractivity contribution in [2.75, 3.05) is 7.05 Å². The minimum atomic E-state index is -0.0775. The number of aromatic hydroxyl groups is 1. The van der Waals surface area contributed by atoms with Crippen LogP contribution in [0.4, 0.5) is 0 Å². The van der Waals surface area contributed by atoms with Crippen LogP contribution in [0.3, 0.4) is 0 Å². The molecule has 1 aromatic rings. The van der Waals surface area contributed by atoms with Gasteiger partial charge < -0.3 is 10.0 Å². The fraction of sp³-hybridized carbons (Fsp3) is 0.588. The number of benzene rings is 1. The van der Waals surface area contributed by atoms with Crippen LogP contribution in [-0.4, -0.2) is 23.0 Å². The van der Waals surface area contributed by atoms with E-state index in [0.717, 1.165) is 5.56 Å². The molecule has 3 nitrogen and oxygen atoms in total. The maximum Gasteiger partial charge on any atom is 0.226 e. The van der Waals surface area contributed by atoms with Gasteiger partial charge in [-0.25, -0.2) is 0 Å². The molecular formula is C17H23NO2. The molecule has 2 saturated carbocycles. The molecule has 1 N–H and O–H groups in total. The average molecular weight is 273 g/mol. The van der Waals surface area contributed by atoms with Crippen molar-refractivity contribution in [1.82, 2.24) is 4.90 Å². The summed E-state index contributed by atoms with van der Waals surface area (Å²) in [5, 5.41) is 9.93. The maximum absolute atomic E-state index is 12.6.